The van der Waals surface area contributed by atoms with Crippen LogP contribution in [0.25, 0.3) is 0 Å². The van der Waals surface area contributed by atoms with Gasteiger partial charge in [-0.3, -0.25) is 4.90 Å². The molecule has 1 fully saturated rings. The fourth-order valence-corrected chi connectivity index (χ4v) is 1.71. The number of hydrogen-bond acceptors (Lipinski definition) is 1. The number of nitrogens with zero attached hydrogens (tertiary/aromatic N) is 1. The summed E-state index contributed by atoms with van der Waals surface area (Å²) in [4.78, 5) is 2.16. The zero-order valence-corrected chi connectivity index (χ0v) is 8.72. The molecule has 1 nitrogen and oxygen atoms in total. The highest BCUT2D eigenvalue weighted by molar-refractivity contribution is 5.07. The van der Waals surface area contributed by atoms with Crippen LogP contribution in [0.1, 0.15) is 26.7 Å². The van der Waals surface area contributed by atoms with Gasteiger partial charge in [-0.1, -0.05) is 26.5 Å². The van der Waals surface area contributed by atoms with E-state index in [1.54, 1.807) is 0 Å². The first-order chi connectivity index (χ1) is 6.06. The maximum atomic E-state index is 13.3. The molecule has 0 bridgehead atoms. The van der Waals surface area contributed by atoms with Crippen molar-refractivity contribution < 1.29 is 4.39 Å². The number of rotatable bonds is 5. The lowest BCUT2D eigenvalue weighted by Crippen LogP contribution is -2.57. The van der Waals surface area contributed by atoms with Crippen molar-refractivity contribution in [3.8, 4) is 0 Å². The molecule has 1 aliphatic rings. The van der Waals surface area contributed by atoms with Gasteiger partial charge in [-0.25, -0.2) is 4.39 Å². The molecule has 0 aromatic heterocycles. The third-order valence-electron chi connectivity index (χ3n) is 2.59. The average molecular weight is 185 g/mol. The third-order valence-corrected chi connectivity index (χ3v) is 2.59. The van der Waals surface area contributed by atoms with E-state index < -0.39 is 5.67 Å². The summed E-state index contributed by atoms with van der Waals surface area (Å²) in [5.41, 5.74) is -1.09. The largest absolute Gasteiger partial charge is 0.296 e. The summed E-state index contributed by atoms with van der Waals surface area (Å²) in [5.74, 6) is 0.760. The van der Waals surface area contributed by atoms with Gasteiger partial charge in [0.25, 0.3) is 0 Å². The van der Waals surface area contributed by atoms with E-state index >= 15 is 0 Å². The molecule has 1 saturated heterocycles. The fourth-order valence-electron chi connectivity index (χ4n) is 1.71. The number of halogens is 1. The summed E-state index contributed by atoms with van der Waals surface area (Å²) >= 11 is 0. The molecular formula is C11H20FN. The van der Waals surface area contributed by atoms with Crippen molar-refractivity contribution in [1.29, 1.82) is 0 Å². The van der Waals surface area contributed by atoms with Crippen LogP contribution in [0.15, 0.2) is 12.7 Å². The zero-order chi connectivity index (χ0) is 9.90. The summed E-state index contributed by atoms with van der Waals surface area (Å²) in [6, 6.07) is 0. The molecule has 13 heavy (non-hydrogen) atoms. The van der Waals surface area contributed by atoms with Crippen LogP contribution in [0.2, 0.25) is 0 Å². The average Bonchev–Trinajstić information content (AvgIpc) is 2.00. The van der Waals surface area contributed by atoms with Crippen LogP contribution < -0.4 is 0 Å². The van der Waals surface area contributed by atoms with Crippen molar-refractivity contribution in [3.05, 3.63) is 12.7 Å². The normalized spacial score (nSPS) is 21.5. The van der Waals surface area contributed by atoms with E-state index in [1.165, 1.54) is 18.9 Å². The Kier molecular flexibility index (Phi) is 3.48. The first-order valence-corrected chi connectivity index (χ1v) is 5.10. The smallest absolute Gasteiger partial charge is 0.154 e. The molecule has 1 aliphatic heterocycles. The molecular weight excluding hydrogens is 165 g/mol. The lowest BCUT2D eigenvalue weighted by atomic mass is 9.96. The van der Waals surface area contributed by atoms with Crippen LogP contribution in [0.3, 0.4) is 0 Å². The van der Waals surface area contributed by atoms with Crippen molar-refractivity contribution in [2.45, 2.75) is 32.4 Å². The monoisotopic (exact) mass is 185 g/mol. The van der Waals surface area contributed by atoms with Gasteiger partial charge < -0.3 is 0 Å². The van der Waals surface area contributed by atoms with Crippen LogP contribution in [0.5, 0.6) is 0 Å². The van der Waals surface area contributed by atoms with Gasteiger partial charge in [-0.15, -0.1) is 0 Å². The van der Waals surface area contributed by atoms with Gasteiger partial charge in [-0.05, 0) is 25.3 Å². The standard InChI is InChI=1S/C11H20FN/c1-4-11(12)8-13(9-11)7-5-6-10(2)3/h4,10H,1,5-9H2,2-3H3. The minimum atomic E-state index is -1.09. The highest BCUT2D eigenvalue weighted by Gasteiger charge is 2.39. The number of likely N-dealkylation sites (tertiary alicyclic amines) is 1. The van der Waals surface area contributed by atoms with Gasteiger partial charge in [0.2, 0.25) is 0 Å². The van der Waals surface area contributed by atoms with Crippen molar-refractivity contribution in [1.82, 2.24) is 4.90 Å². The number of alkyl halides is 1. The minimum absolute atomic E-state index is 0.550. The molecule has 1 rings (SSSR count). The van der Waals surface area contributed by atoms with Gasteiger partial charge in [0.1, 0.15) is 0 Å². The van der Waals surface area contributed by atoms with E-state index in [2.05, 4.69) is 25.3 Å². The van der Waals surface area contributed by atoms with E-state index in [-0.39, 0.29) is 0 Å². The molecule has 0 spiro atoms. The maximum Gasteiger partial charge on any atom is 0.154 e. The first kappa shape index (κ1) is 10.7. The topological polar surface area (TPSA) is 3.24 Å². The van der Waals surface area contributed by atoms with Gasteiger partial charge in [0.15, 0.2) is 5.67 Å². The summed E-state index contributed by atoms with van der Waals surface area (Å²) in [6.07, 6.45) is 3.86. The maximum absolute atomic E-state index is 13.3. The Bertz CT molecular complexity index is 171. The van der Waals surface area contributed by atoms with E-state index in [1.807, 2.05) is 0 Å². The SMILES string of the molecule is C=CC1(F)CN(CCCC(C)C)C1. The van der Waals surface area contributed by atoms with E-state index in [0.29, 0.717) is 13.1 Å². The molecule has 0 aliphatic carbocycles. The van der Waals surface area contributed by atoms with Crippen molar-refractivity contribution in [3.63, 3.8) is 0 Å². The number of hydrogen-bond donors (Lipinski definition) is 0. The highest BCUT2D eigenvalue weighted by Crippen LogP contribution is 2.26. The quantitative estimate of drug-likeness (QED) is 0.595. The Labute approximate surface area is 80.6 Å². The summed E-state index contributed by atoms with van der Waals surface area (Å²) in [6.45, 7) is 10.1. The van der Waals surface area contributed by atoms with E-state index in [0.717, 1.165) is 12.5 Å². The second-order valence-electron chi connectivity index (χ2n) is 4.49. The molecule has 0 unspecified atom stereocenters. The van der Waals surface area contributed by atoms with Crippen molar-refractivity contribution in [2.24, 2.45) is 5.92 Å². The molecule has 0 amide bonds. The van der Waals surface area contributed by atoms with Crippen LogP contribution >= 0.6 is 0 Å². The van der Waals surface area contributed by atoms with Crippen LogP contribution in [-0.2, 0) is 0 Å². The second-order valence-corrected chi connectivity index (χ2v) is 4.49. The van der Waals surface area contributed by atoms with Gasteiger partial charge >= 0.3 is 0 Å². The van der Waals surface area contributed by atoms with E-state index in [4.69, 9.17) is 0 Å². The Hall–Kier alpha value is -0.370. The van der Waals surface area contributed by atoms with Gasteiger partial charge in [0.05, 0.1) is 0 Å². The predicted octanol–water partition coefficient (Wildman–Crippen LogP) is 2.63. The molecule has 76 valence electrons. The van der Waals surface area contributed by atoms with Crippen LogP contribution in [-0.4, -0.2) is 30.2 Å². The predicted molar refractivity (Wildman–Crippen MR) is 54.5 cm³/mol. The fraction of sp³-hybridized carbons (Fsp3) is 0.818. The van der Waals surface area contributed by atoms with Gasteiger partial charge in [0, 0.05) is 13.1 Å². The van der Waals surface area contributed by atoms with Crippen LogP contribution in [0, 0.1) is 5.92 Å². The van der Waals surface area contributed by atoms with Crippen molar-refractivity contribution >= 4 is 0 Å². The molecule has 0 aromatic carbocycles. The summed E-state index contributed by atoms with van der Waals surface area (Å²) in [5, 5.41) is 0. The van der Waals surface area contributed by atoms with Crippen LogP contribution in [0.4, 0.5) is 4.39 Å². The lowest BCUT2D eigenvalue weighted by Gasteiger charge is -2.42. The highest BCUT2D eigenvalue weighted by atomic mass is 19.1. The van der Waals surface area contributed by atoms with E-state index in [9.17, 15) is 4.39 Å². The first-order valence-electron chi connectivity index (χ1n) is 5.10. The lowest BCUT2D eigenvalue weighted by molar-refractivity contribution is 0.00457. The molecule has 0 aromatic rings. The molecule has 2 heteroatoms. The third kappa shape index (κ3) is 3.11. The Balaban J connectivity index is 2.05. The molecule has 1 heterocycles. The molecule has 0 saturated carbocycles. The Morgan fingerprint density at radius 3 is 2.62 bits per heavy atom. The van der Waals surface area contributed by atoms with Gasteiger partial charge in [-0.2, -0.15) is 0 Å². The Morgan fingerprint density at radius 2 is 2.15 bits per heavy atom. The summed E-state index contributed by atoms with van der Waals surface area (Å²) < 4.78 is 13.3. The Morgan fingerprint density at radius 1 is 1.54 bits per heavy atom. The minimum Gasteiger partial charge on any atom is -0.296 e. The molecule has 0 atom stereocenters. The zero-order valence-electron chi connectivity index (χ0n) is 8.72. The second kappa shape index (κ2) is 4.23. The molecule has 0 N–H and O–H groups in total. The van der Waals surface area contributed by atoms with Crippen molar-refractivity contribution in [2.75, 3.05) is 19.6 Å². The molecule has 0 radical (unpaired) electrons. The summed E-state index contributed by atoms with van der Waals surface area (Å²) in [7, 11) is 0.